The van der Waals surface area contributed by atoms with Crippen molar-refractivity contribution in [2.24, 2.45) is 0 Å². The van der Waals surface area contributed by atoms with E-state index in [0.717, 1.165) is 11.3 Å². The van der Waals surface area contributed by atoms with Gasteiger partial charge in [0.25, 0.3) is 0 Å². The van der Waals surface area contributed by atoms with E-state index in [1.165, 1.54) is 5.56 Å². The second-order valence-electron chi connectivity index (χ2n) is 4.23. The molecule has 0 spiro atoms. The highest BCUT2D eigenvalue weighted by Crippen LogP contribution is 2.21. The molecule has 0 aliphatic heterocycles. The molecule has 0 bridgehead atoms. The first-order valence-electron chi connectivity index (χ1n) is 5.66. The van der Waals surface area contributed by atoms with E-state index in [9.17, 15) is 0 Å². The van der Waals surface area contributed by atoms with Crippen LogP contribution in [0.15, 0.2) is 28.7 Å². The smallest absolute Gasteiger partial charge is 0.247 e. The van der Waals surface area contributed by atoms with E-state index < -0.39 is 0 Å². The molecule has 0 saturated carbocycles. The van der Waals surface area contributed by atoms with E-state index in [0.29, 0.717) is 17.0 Å². The predicted octanol–water partition coefficient (Wildman–Crippen LogP) is 3.69. The Hall–Kier alpha value is -1.29. The molecule has 0 aliphatic carbocycles. The first kappa shape index (κ1) is 12.2. The van der Waals surface area contributed by atoms with Crippen molar-refractivity contribution < 1.29 is 4.42 Å². The number of nitrogens with zero attached hydrogens (tertiary/aromatic N) is 2. The van der Waals surface area contributed by atoms with Crippen molar-refractivity contribution >= 4 is 11.8 Å². The van der Waals surface area contributed by atoms with E-state index in [1.54, 1.807) is 11.8 Å². The molecule has 0 aliphatic rings. The Morgan fingerprint density at radius 3 is 2.53 bits per heavy atom. The largest absolute Gasteiger partial charge is 0.420 e. The minimum Gasteiger partial charge on any atom is -0.420 e. The molecule has 1 aromatic heterocycles. The zero-order chi connectivity index (χ0) is 12.3. The van der Waals surface area contributed by atoms with Gasteiger partial charge >= 0.3 is 0 Å². The fraction of sp³-hybridized carbons (Fsp3) is 0.385. The summed E-state index contributed by atoms with van der Waals surface area (Å²) in [6.07, 6.45) is 0. The quantitative estimate of drug-likeness (QED) is 0.827. The van der Waals surface area contributed by atoms with Crippen LogP contribution in [0.3, 0.4) is 0 Å². The number of benzene rings is 1. The van der Waals surface area contributed by atoms with Crippen LogP contribution in [0.25, 0.3) is 11.5 Å². The molecule has 2 aromatic rings. The third kappa shape index (κ3) is 3.33. The molecule has 0 saturated heterocycles. The lowest BCUT2D eigenvalue weighted by molar-refractivity contribution is 0.528. The van der Waals surface area contributed by atoms with Crippen LogP contribution in [-0.4, -0.2) is 15.4 Å². The minimum atomic E-state index is 0.574. The zero-order valence-corrected chi connectivity index (χ0v) is 11.1. The minimum absolute atomic E-state index is 0.574. The van der Waals surface area contributed by atoms with Crippen LogP contribution in [0.2, 0.25) is 0 Å². The molecule has 0 atom stereocenters. The maximum Gasteiger partial charge on any atom is 0.247 e. The Labute approximate surface area is 106 Å². The molecule has 3 nitrogen and oxygen atoms in total. The van der Waals surface area contributed by atoms with Crippen molar-refractivity contribution in [2.75, 3.05) is 0 Å². The van der Waals surface area contributed by atoms with Gasteiger partial charge in [0.2, 0.25) is 11.8 Å². The Morgan fingerprint density at radius 1 is 1.18 bits per heavy atom. The van der Waals surface area contributed by atoms with E-state index in [4.69, 9.17) is 4.42 Å². The lowest BCUT2D eigenvalue weighted by Crippen LogP contribution is -1.88. The van der Waals surface area contributed by atoms with Crippen LogP contribution in [-0.2, 0) is 5.75 Å². The van der Waals surface area contributed by atoms with Gasteiger partial charge in [0.1, 0.15) is 0 Å². The molecular formula is C13H16N2OS. The molecule has 2 rings (SSSR count). The molecule has 0 radical (unpaired) electrons. The standard InChI is InChI=1S/C13H16N2OS/c1-9(2)17-8-12-14-15-13(16-12)11-6-4-10(3)5-7-11/h4-7,9H,8H2,1-3H3. The summed E-state index contributed by atoms with van der Waals surface area (Å²) in [7, 11) is 0. The number of aryl methyl sites for hydroxylation is 1. The first-order valence-corrected chi connectivity index (χ1v) is 6.71. The summed E-state index contributed by atoms with van der Waals surface area (Å²) >= 11 is 1.80. The third-order valence-electron chi connectivity index (χ3n) is 2.31. The number of hydrogen-bond donors (Lipinski definition) is 0. The van der Waals surface area contributed by atoms with Crippen molar-refractivity contribution in [1.82, 2.24) is 10.2 Å². The molecule has 0 N–H and O–H groups in total. The second-order valence-corrected chi connectivity index (χ2v) is 5.79. The third-order valence-corrected chi connectivity index (χ3v) is 3.39. The molecule has 1 heterocycles. The highest BCUT2D eigenvalue weighted by Gasteiger charge is 2.08. The van der Waals surface area contributed by atoms with E-state index >= 15 is 0 Å². The van der Waals surface area contributed by atoms with Crippen LogP contribution in [0.4, 0.5) is 0 Å². The van der Waals surface area contributed by atoms with Crippen molar-refractivity contribution in [3.05, 3.63) is 35.7 Å². The van der Waals surface area contributed by atoms with Crippen LogP contribution < -0.4 is 0 Å². The van der Waals surface area contributed by atoms with Crippen LogP contribution in [0.5, 0.6) is 0 Å². The Morgan fingerprint density at radius 2 is 1.88 bits per heavy atom. The maximum absolute atomic E-state index is 5.62. The molecule has 1 aromatic carbocycles. The van der Waals surface area contributed by atoms with Crippen molar-refractivity contribution in [3.63, 3.8) is 0 Å². The Bertz CT molecular complexity index is 476. The maximum atomic E-state index is 5.62. The van der Waals surface area contributed by atoms with E-state index in [-0.39, 0.29) is 0 Å². The number of thioether (sulfide) groups is 1. The SMILES string of the molecule is Cc1ccc(-c2nnc(CSC(C)C)o2)cc1. The summed E-state index contributed by atoms with van der Waals surface area (Å²) in [5, 5.41) is 8.69. The summed E-state index contributed by atoms with van der Waals surface area (Å²) in [6.45, 7) is 6.37. The fourth-order valence-corrected chi connectivity index (χ4v) is 1.96. The fourth-order valence-electron chi connectivity index (χ4n) is 1.36. The lowest BCUT2D eigenvalue weighted by Gasteiger charge is -1.99. The zero-order valence-electron chi connectivity index (χ0n) is 10.3. The van der Waals surface area contributed by atoms with Crippen molar-refractivity contribution in [1.29, 1.82) is 0 Å². The van der Waals surface area contributed by atoms with Gasteiger partial charge in [-0.15, -0.1) is 22.0 Å². The van der Waals surface area contributed by atoms with E-state index in [1.807, 2.05) is 24.3 Å². The van der Waals surface area contributed by atoms with Gasteiger partial charge in [0.05, 0.1) is 5.75 Å². The average Bonchev–Trinajstić information content (AvgIpc) is 2.76. The summed E-state index contributed by atoms with van der Waals surface area (Å²) in [5.74, 6) is 2.07. The predicted molar refractivity (Wildman–Crippen MR) is 70.9 cm³/mol. The normalized spacial score (nSPS) is 11.1. The van der Waals surface area contributed by atoms with Gasteiger partial charge in [-0.3, -0.25) is 0 Å². The van der Waals surface area contributed by atoms with Crippen molar-refractivity contribution in [2.45, 2.75) is 31.8 Å². The van der Waals surface area contributed by atoms with Gasteiger partial charge in [-0.2, -0.15) is 0 Å². The van der Waals surface area contributed by atoms with Gasteiger partial charge in [-0.1, -0.05) is 31.5 Å². The number of rotatable bonds is 4. The summed E-state index contributed by atoms with van der Waals surface area (Å²) in [6, 6.07) is 8.09. The van der Waals surface area contributed by atoms with Gasteiger partial charge in [-0.25, -0.2) is 0 Å². The first-order chi connectivity index (χ1) is 8.15. The summed E-state index contributed by atoms with van der Waals surface area (Å²) in [5.41, 5.74) is 2.20. The average molecular weight is 248 g/mol. The topological polar surface area (TPSA) is 38.9 Å². The Balaban J connectivity index is 2.10. The van der Waals surface area contributed by atoms with Crippen LogP contribution >= 0.6 is 11.8 Å². The van der Waals surface area contributed by atoms with Gasteiger partial charge < -0.3 is 4.42 Å². The van der Waals surface area contributed by atoms with E-state index in [2.05, 4.69) is 31.0 Å². The van der Waals surface area contributed by atoms with Gasteiger partial charge in [0, 0.05) is 5.56 Å². The molecule has 17 heavy (non-hydrogen) atoms. The molecular weight excluding hydrogens is 232 g/mol. The molecule has 0 amide bonds. The van der Waals surface area contributed by atoms with Crippen LogP contribution in [0, 0.1) is 6.92 Å². The highest BCUT2D eigenvalue weighted by atomic mass is 32.2. The Kier molecular flexibility index (Phi) is 3.84. The van der Waals surface area contributed by atoms with Gasteiger partial charge in [-0.05, 0) is 24.3 Å². The van der Waals surface area contributed by atoms with Crippen LogP contribution in [0.1, 0.15) is 25.3 Å². The number of hydrogen-bond acceptors (Lipinski definition) is 4. The second kappa shape index (κ2) is 5.36. The molecule has 0 fully saturated rings. The molecule has 4 heteroatoms. The van der Waals surface area contributed by atoms with Crippen molar-refractivity contribution in [3.8, 4) is 11.5 Å². The summed E-state index contributed by atoms with van der Waals surface area (Å²) < 4.78 is 5.62. The molecule has 0 unspecified atom stereocenters. The van der Waals surface area contributed by atoms with Gasteiger partial charge in [0.15, 0.2) is 0 Å². The number of aromatic nitrogens is 2. The highest BCUT2D eigenvalue weighted by molar-refractivity contribution is 7.99. The summed E-state index contributed by atoms with van der Waals surface area (Å²) in [4.78, 5) is 0. The lowest BCUT2D eigenvalue weighted by atomic mass is 10.1. The molecule has 90 valence electrons. The monoisotopic (exact) mass is 248 g/mol.